The third-order valence-electron chi connectivity index (χ3n) is 2.44. The predicted octanol–water partition coefficient (Wildman–Crippen LogP) is 2.94. The Bertz CT molecular complexity index is 145. The van der Waals surface area contributed by atoms with Crippen molar-refractivity contribution in [3.8, 4) is 0 Å². The summed E-state index contributed by atoms with van der Waals surface area (Å²) < 4.78 is 36.7. The topological polar surface area (TPSA) is 0 Å². The first-order valence-electron chi connectivity index (χ1n) is 4.22. The number of halogens is 3. The lowest BCUT2D eigenvalue weighted by Gasteiger charge is -2.32. The zero-order valence-corrected chi connectivity index (χ0v) is 7.06. The molecule has 0 heterocycles. The van der Waals surface area contributed by atoms with Crippen molar-refractivity contribution in [2.75, 3.05) is 0 Å². The van der Waals surface area contributed by atoms with Gasteiger partial charge in [-0.1, -0.05) is 19.2 Å². The van der Waals surface area contributed by atoms with Crippen LogP contribution in [-0.2, 0) is 0 Å². The first-order valence-corrected chi connectivity index (χ1v) is 4.22. The monoisotopic (exact) mass is 176 g/mol. The van der Waals surface area contributed by atoms with Gasteiger partial charge in [-0.05, 0) is 18.8 Å². The van der Waals surface area contributed by atoms with E-state index in [4.69, 9.17) is 7.85 Å². The summed E-state index contributed by atoms with van der Waals surface area (Å²) in [6, 6.07) is 0. The van der Waals surface area contributed by atoms with Crippen LogP contribution in [0.3, 0.4) is 0 Å². The Kier molecular flexibility index (Phi) is 2.74. The quantitative estimate of drug-likeness (QED) is 0.497. The fourth-order valence-corrected chi connectivity index (χ4v) is 1.92. The van der Waals surface area contributed by atoms with Crippen LogP contribution < -0.4 is 0 Å². The van der Waals surface area contributed by atoms with Crippen LogP contribution in [0.15, 0.2) is 0 Å². The lowest BCUT2D eigenvalue weighted by atomic mass is 9.67. The molecule has 0 aromatic carbocycles. The molecular weight excluding hydrogens is 164 g/mol. The lowest BCUT2D eigenvalue weighted by molar-refractivity contribution is -0.185. The zero-order chi connectivity index (χ0) is 9.35. The maximum atomic E-state index is 12.2. The smallest absolute Gasteiger partial charge is 0.171 e. The summed E-state index contributed by atoms with van der Waals surface area (Å²) in [6.07, 6.45) is -2.97. The highest BCUT2D eigenvalue weighted by atomic mass is 19.4. The van der Waals surface area contributed by atoms with Gasteiger partial charge in [-0.3, -0.25) is 0 Å². The van der Waals surface area contributed by atoms with Gasteiger partial charge in [-0.25, -0.2) is 0 Å². The van der Waals surface area contributed by atoms with Crippen LogP contribution in [0.1, 0.15) is 26.2 Å². The van der Waals surface area contributed by atoms with E-state index in [1.807, 2.05) is 6.92 Å². The molecule has 0 aromatic heterocycles. The predicted molar refractivity (Wildman–Crippen MR) is 42.1 cm³/mol. The molecule has 0 N–H and O–H groups in total. The van der Waals surface area contributed by atoms with E-state index < -0.39 is 12.1 Å². The summed E-state index contributed by atoms with van der Waals surface area (Å²) in [7, 11) is 5.51. The Labute approximate surface area is 71.9 Å². The summed E-state index contributed by atoms with van der Waals surface area (Å²) in [4.78, 5) is 0. The molecule has 68 valence electrons. The minimum atomic E-state index is -4.05. The van der Waals surface area contributed by atoms with Gasteiger partial charge < -0.3 is 0 Å². The molecule has 1 fully saturated rings. The molecule has 1 aliphatic rings. The molecule has 1 rings (SSSR count). The highest BCUT2D eigenvalue weighted by Crippen LogP contribution is 2.43. The van der Waals surface area contributed by atoms with E-state index >= 15 is 0 Å². The van der Waals surface area contributed by atoms with Crippen LogP contribution in [0.5, 0.6) is 0 Å². The number of rotatable bonds is 0. The molecule has 3 unspecified atom stereocenters. The fraction of sp³-hybridized carbons (Fsp3) is 1.00. The number of hydrogen-bond acceptors (Lipinski definition) is 0. The van der Waals surface area contributed by atoms with Gasteiger partial charge in [0, 0.05) is 0 Å². The average Bonchev–Trinajstić information content (AvgIpc) is 1.82. The van der Waals surface area contributed by atoms with Crippen molar-refractivity contribution in [1.82, 2.24) is 0 Å². The van der Waals surface area contributed by atoms with Gasteiger partial charge in [-0.2, -0.15) is 13.2 Å². The standard InChI is InChI=1S/C8H12BF3/c1-5-2-6(8(10,11)12)4-7(9)3-5/h5-7H,2-4H2,1H3. The normalized spacial score (nSPS) is 38.2. The van der Waals surface area contributed by atoms with Gasteiger partial charge in [-0.15, -0.1) is 0 Å². The molecule has 1 saturated carbocycles. The molecule has 12 heavy (non-hydrogen) atoms. The third kappa shape index (κ3) is 2.42. The molecule has 1 aliphatic carbocycles. The van der Waals surface area contributed by atoms with E-state index in [-0.39, 0.29) is 24.6 Å². The molecule has 2 radical (unpaired) electrons. The van der Waals surface area contributed by atoms with Crippen molar-refractivity contribution in [3.05, 3.63) is 0 Å². The molecule has 0 spiro atoms. The highest BCUT2D eigenvalue weighted by Gasteiger charge is 2.42. The fourth-order valence-electron chi connectivity index (χ4n) is 1.92. The van der Waals surface area contributed by atoms with E-state index in [1.54, 1.807) is 0 Å². The molecule has 4 heteroatoms. The summed E-state index contributed by atoms with van der Waals surface area (Å²) in [5, 5.41) is 0. The van der Waals surface area contributed by atoms with Crippen LogP contribution in [-0.4, -0.2) is 14.0 Å². The SMILES string of the molecule is [B]C1CC(C)CC(C(F)(F)F)C1. The second-order valence-electron chi connectivity index (χ2n) is 3.81. The van der Waals surface area contributed by atoms with Gasteiger partial charge in [0.1, 0.15) is 0 Å². The Morgan fingerprint density at radius 3 is 2.17 bits per heavy atom. The van der Waals surface area contributed by atoms with Gasteiger partial charge >= 0.3 is 6.18 Å². The minimum absolute atomic E-state index is 0.105. The Hall–Kier alpha value is -0.145. The summed E-state index contributed by atoms with van der Waals surface area (Å²) >= 11 is 0. The maximum absolute atomic E-state index is 12.2. The van der Waals surface area contributed by atoms with Crippen LogP contribution in [0.25, 0.3) is 0 Å². The second kappa shape index (κ2) is 3.31. The first-order chi connectivity index (χ1) is 5.39. The summed E-state index contributed by atoms with van der Waals surface area (Å²) in [5.74, 6) is -1.32. The van der Waals surface area contributed by atoms with E-state index in [0.717, 1.165) is 6.42 Å². The average molecular weight is 176 g/mol. The van der Waals surface area contributed by atoms with Crippen molar-refractivity contribution in [2.24, 2.45) is 11.8 Å². The van der Waals surface area contributed by atoms with E-state index in [9.17, 15) is 13.2 Å². The largest absolute Gasteiger partial charge is 0.391 e. The minimum Gasteiger partial charge on any atom is -0.171 e. The Morgan fingerprint density at radius 2 is 1.75 bits per heavy atom. The maximum Gasteiger partial charge on any atom is 0.391 e. The molecule has 0 aliphatic heterocycles. The van der Waals surface area contributed by atoms with Crippen molar-refractivity contribution in [3.63, 3.8) is 0 Å². The number of hydrogen-bond donors (Lipinski definition) is 0. The molecule has 0 nitrogen and oxygen atoms in total. The van der Waals surface area contributed by atoms with Crippen LogP contribution in [0.4, 0.5) is 13.2 Å². The van der Waals surface area contributed by atoms with Crippen molar-refractivity contribution in [1.29, 1.82) is 0 Å². The van der Waals surface area contributed by atoms with Gasteiger partial charge in [0.25, 0.3) is 0 Å². The summed E-state index contributed by atoms with van der Waals surface area (Å²) in [5.41, 5.74) is 0. The van der Waals surface area contributed by atoms with Crippen LogP contribution in [0, 0.1) is 11.8 Å². The van der Waals surface area contributed by atoms with E-state index in [0.29, 0.717) is 0 Å². The molecule has 0 amide bonds. The second-order valence-corrected chi connectivity index (χ2v) is 3.81. The van der Waals surface area contributed by atoms with Gasteiger partial charge in [0.15, 0.2) is 0 Å². The van der Waals surface area contributed by atoms with Crippen LogP contribution in [0.2, 0.25) is 5.82 Å². The Balaban J connectivity index is 2.55. The van der Waals surface area contributed by atoms with Crippen molar-refractivity contribution >= 4 is 7.85 Å². The molecule has 3 atom stereocenters. The highest BCUT2D eigenvalue weighted by molar-refractivity contribution is 6.11. The molecule has 0 saturated heterocycles. The molecule has 0 bridgehead atoms. The zero-order valence-electron chi connectivity index (χ0n) is 7.06. The molecular formula is C8H12BF3. The summed E-state index contributed by atoms with van der Waals surface area (Å²) in [6.45, 7) is 1.83. The Morgan fingerprint density at radius 1 is 1.17 bits per heavy atom. The molecule has 0 aromatic rings. The van der Waals surface area contributed by atoms with Crippen molar-refractivity contribution in [2.45, 2.75) is 38.2 Å². The van der Waals surface area contributed by atoms with Crippen molar-refractivity contribution < 1.29 is 13.2 Å². The van der Waals surface area contributed by atoms with E-state index in [1.165, 1.54) is 0 Å². The first kappa shape index (κ1) is 9.94. The number of alkyl halides is 3. The third-order valence-corrected chi connectivity index (χ3v) is 2.44. The lowest BCUT2D eigenvalue weighted by Crippen LogP contribution is -2.30. The van der Waals surface area contributed by atoms with E-state index in [2.05, 4.69) is 0 Å². The van der Waals surface area contributed by atoms with Gasteiger partial charge in [0.05, 0.1) is 13.8 Å². The van der Waals surface area contributed by atoms with Crippen LogP contribution >= 0.6 is 0 Å². The van der Waals surface area contributed by atoms with Gasteiger partial charge in [0.2, 0.25) is 0 Å².